The van der Waals surface area contributed by atoms with Gasteiger partial charge in [0.2, 0.25) is 0 Å². The van der Waals surface area contributed by atoms with Gasteiger partial charge >= 0.3 is 5.97 Å². The van der Waals surface area contributed by atoms with Crippen LogP contribution in [0.15, 0.2) is 24.3 Å². The van der Waals surface area contributed by atoms with Crippen LogP contribution in [0.25, 0.3) is 0 Å². The summed E-state index contributed by atoms with van der Waals surface area (Å²) < 4.78 is 0. The van der Waals surface area contributed by atoms with Crippen LogP contribution in [0.3, 0.4) is 0 Å². The molecule has 0 aromatic heterocycles. The minimum absolute atomic E-state index is 0.145. The van der Waals surface area contributed by atoms with Crippen molar-refractivity contribution in [2.75, 3.05) is 0 Å². The minimum Gasteiger partial charge on any atom is -0.480 e. The Labute approximate surface area is 111 Å². The van der Waals surface area contributed by atoms with Crippen LogP contribution in [-0.2, 0) is 4.79 Å². The van der Waals surface area contributed by atoms with E-state index in [1.807, 2.05) is 6.92 Å². The average Bonchev–Trinajstić information content (AvgIpc) is 2.35. The van der Waals surface area contributed by atoms with Crippen molar-refractivity contribution in [2.45, 2.75) is 26.3 Å². The van der Waals surface area contributed by atoms with Crippen molar-refractivity contribution in [1.29, 1.82) is 0 Å². The van der Waals surface area contributed by atoms with Gasteiger partial charge in [-0.3, -0.25) is 4.79 Å². The van der Waals surface area contributed by atoms with Gasteiger partial charge in [0.25, 0.3) is 5.91 Å². The molecule has 0 heterocycles. The minimum atomic E-state index is -1.04. The Hall–Kier alpha value is -1.55. The molecule has 0 aliphatic heterocycles. The summed E-state index contributed by atoms with van der Waals surface area (Å²) in [5.41, 5.74) is 0.286. The number of amides is 1. The maximum atomic E-state index is 11.9. The number of nitrogens with one attached hydrogen (secondary N) is 1. The van der Waals surface area contributed by atoms with Gasteiger partial charge < -0.3 is 10.4 Å². The van der Waals surface area contributed by atoms with E-state index in [0.717, 1.165) is 0 Å². The van der Waals surface area contributed by atoms with Gasteiger partial charge in [0, 0.05) is 0 Å². The number of benzene rings is 1. The van der Waals surface area contributed by atoms with Crippen molar-refractivity contribution in [1.82, 2.24) is 5.32 Å². The standard InChI is InChI=1S/C13H16ClNO3/c1-3-8(2)11(13(17)18)15-12(16)9-6-4-5-7-10(9)14/h4-8,11H,3H2,1-2H3,(H,15,16)(H,17,18)/t8-,11-/m0/s1. The molecule has 4 nitrogen and oxygen atoms in total. The fourth-order valence-electron chi connectivity index (χ4n) is 1.55. The molecule has 18 heavy (non-hydrogen) atoms. The molecule has 1 aromatic rings. The zero-order valence-corrected chi connectivity index (χ0v) is 11.1. The summed E-state index contributed by atoms with van der Waals surface area (Å²) in [6.45, 7) is 3.66. The number of hydrogen-bond donors (Lipinski definition) is 2. The number of aliphatic carboxylic acids is 1. The summed E-state index contributed by atoms with van der Waals surface area (Å²) in [6.07, 6.45) is 0.666. The topological polar surface area (TPSA) is 66.4 Å². The van der Waals surface area contributed by atoms with E-state index in [2.05, 4.69) is 5.32 Å². The fraction of sp³-hybridized carbons (Fsp3) is 0.385. The number of rotatable bonds is 5. The average molecular weight is 270 g/mol. The first-order chi connectivity index (χ1) is 8.47. The van der Waals surface area contributed by atoms with E-state index < -0.39 is 17.9 Å². The van der Waals surface area contributed by atoms with Crippen LogP contribution >= 0.6 is 11.6 Å². The summed E-state index contributed by atoms with van der Waals surface area (Å²) in [5, 5.41) is 11.9. The van der Waals surface area contributed by atoms with Crippen LogP contribution in [0.4, 0.5) is 0 Å². The normalized spacial score (nSPS) is 13.7. The first kappa shape index (κ1) is 14.5. The van der Waals surface area contributed by atoms with Gasteiger partial charge in [-0.25, -0.2) is 4.79 Å². The first-order valence-electron chi connectivity index (χ1n) is 5.75. The lowest BCUT2D eigenvalue weighted by atomic mass is 9.99. The largest absolute Gasteiger partial charge is 0.480 e. The Balaban J connectivity index is 2.86. The molecule has 1 aromatic carbocycles. The molecule has 1 rings (SSSR count). The maximum Gasteiger partial charge on any atom is 0.326 e. The van der Waals surface area contributed by atoms with Crippen molar-refractivity contribution in [3.05, 3.63) is 34.9 Å². The molecule has 98 valence electrons. The van der Waals surface area contributed by atoms with Crippen LogP contribution < -0.4 is 5.32 Å². The van der Waals surface area contributed by atoms with Crippen molar-refractivity contribution in [3.63, 3.8) is 0 Å². The summed E-state index contributed by atoms with van der Waals surface area (Å²) in [6, 6.07) is 5.64. The molecule has 0 aliphatic carbocycles. The Kier molecular flexibility index (Phi) is 5.16. The number of carbonyl (C=O) groups is 2. The van der Waals surface area contributed by atoms with Crippen LogP contribution in [0.5, 0.6) is 0 Å². The molecular formula is C13H16ClNO3. The Bertz CT molecular complexity index is 448. The molecule has 0 saturated carbocycles. The molecule has 0 aliphatic rings. The van der Waals surface area contributed by atoms with E-state index >= 15 is 0 Å². The number of hydrogen-bond acceptors (Lipinski definition) is 2. The second-order valence-corrected chi connectivity index (χ2v) is 4.56. The van der Waals surface area contributed by atoms with Gasteiger partial charge in [0.1, 0.15) is 6.04 Å². The van der Waals surface area contributed by atoms with E-state index in [0.29, 0.717) is 11.4 Å². The fourth-order valence-corrected chi connectivity index (χ4v) is 1.77. The third kappa shape index (κ3) is 3.47. The molecule has 0 bridgehead atoms. The first-order valence-corrected chi connectivity index (χ1v) is 6.13. The van der Waals surface area contributed by atoms with Crippen LogP contribution in [-0.4, -0.2) is 23.0 Å². The van der Waals surface area contributed by atoms with Gasteiger partial charge in [-0.15, -0.1) is 0 Å². The molecule has 2 N–H and O–H groups in total. The predicted octanol–water partition coefficient (Wildman–Crippen LogP) is 2.57. The van der Waals surface area contributed by atoms with Crippen molar-refractivity contribution in [3.8, 4) is 0 Å². The number of halogens is 1. The second kappa shape index (κ2) is 6.40. The smallest absolute Gasteiger partial charge is 0.326 e. The molecule has 0 unspecified atom stereocenters. The molecule has 0 fully saturated rings. The second-order valence-electron chi connectivity index (χ2n) is 4.15. The number of carbonyl (C=O) groups excluding carboxylic acids is 1. The van der Waals surface area contributed by atoms with E-state index in [-0.39, 0.29) is 11.5 Å². The zero-order chi connectivity index (χ0) is 13.7. The molecule has 0 spiro atoms. The Morgan fingerprint density at radius 1 is 1.39 bits per heavy atom. The highest BCUT2D eigenvalue weighted by molar-refractivity contribution is 6.33. The van der Waals surface area contributed by atoms with E-state index in [1.54, 1.807) is 31.2 Å². The third-order valence-corrected chi connectivity index (χ3v) is 3.21. The van der Waals surface area contributed by atoms with Gasteiger partial charge in [-0.2, -0.15) is 0 Å². The number of carboxylic acid groups (broad SMARTS) is 1. The highest BCUT2D eigenvalue weighted by atomic mass is 35.5. The summed E-state index contributed by atoms with van der Waals surface area (Å²) >= 11 is 5.89. The van der Waals surface area contributed by atoms with E-state index in [4.69, 9.17) is 16.7 Å². The quantitative estimate of drug-likeness (QED) is 0.863. The van der Waals surface area contributed by atoms with Crippen molar-refractivity contribution in [2.24, 2.45) is 5.92 Å². The molecule has 2 atom stereocenters. The maximum absolute atomic E-state index is 11.9. The summed E-state index contributed by atoms with van der Waals surface area (Å²) in [4.78, 5) is 23.0. The van der Waals surface area contributed by atoms with Gasteiger partial charge in [0.05, 0.1) is 10.6 Å². The molecule has 5 heteroatoms. The lowest BCUT2D eigenvalue weighted by Crippen LogP contribution is -2.45. The van der Waals surface area contributed by atoms with Gasteiger partial charge in [-0.1, -0.05) is 44.0 Å². The Morgan fingerprint density at radius 2 is 2.00 bits per heavy atom. The molecular weight excluding hydrogens is 254 g/mol. The monoisotopic (exact) mass is 269 g/mol. The van der Waals surface area contributed by atoms with Crippen LogP contribution in [0, 0.1) is 5.92 Å². The van der Waals surface area contributed by atoms with Crippen LogP contribution in [0.1, 0.15) is 30.6 Å². The summed E-state index contributed by atoms with van der Waals surface area (Å²) in [7, 11) is 0. The lowest BCUT2D eigenvalue weighted by molar-refractivity contribution is -0.140. The highest BCUT2D eigenvalue weighted by Crippen LogP contribution is 2.16. The van der Waals surface area contributed by atoms with Gasteiger partial charge in [0.15, 0.2) is 0 Å². The third-order valence-electron chi connectivity index (χ3n) is 2.88. The van der Waals surface area contributed by atoms with Crippen molar-refractivity contribution < 1.29 is 14.7 Å². The summed E-state index contributed by atoms with van der Waals surface area (Å²) in [5.74, 6) is -1.65. The zero-order valence-electron chi connectivity index (χ0n) is 10.3. The van der Waals surface area contributed by atoms with E-state index in [9.17, 15) is 9.59 Å². The molecule has 0 saturated heterocycles. The molecule has 0 radical (unpaired) electrons. The SMILES string of the molecule is CC[C@H](C)[C@H](NC(=O)c1ccccc1Cl)C(=O)O. The lowest BCUT2D eigenvalue weighted by Gasteiger charge is -2.20. The molecule has 1 amide bonds. The van der Waals surface area contributed by atoms with Crippen LogP contribution in [0.2, 0.25) is 5.02 Å². The number of carboxylic acids is 1. The highest BCUT2D eigenvalue weighted by Gasteiger charge is 2.26. The Morgan fingerprint density at radius 3 is 2.50 bits per heavy atom. The van der Waals surface area contributed by atoms with Gasteiger partial charge in [-0.05, 0) is 18.1 Å². The predicted molar refractivity (Wildman–Crippen MR) is 69.8 cm³/mol. The van der Waals surface area contributed by atoms with E-state index in [1.165, 1.54) is 0 Å². The van der Waals surface area contributed by atoms with Crippen molar-refractivity contribution >= 4 is 23.5 Å².